The van der Waals surface area contributed by atoms with Gasteiger partial charge in [-0.15, -0.1) is 0 Å². The van der Waals surface area contributed by atoms with Crippen LogP contribution < -0.4 is 5.73 Å². The zero-order valence-corrected chi connectivity index (χ0v) is 12.2. The first-order chi connectivity index (χ1) is 9.51. The minimum absolute atomic E-state index is 0.241. The minimum Gasteiger partial charge on any atom is -0.467 e. The highest BCUT2D eigenvalue weighted by Gasteiger charge is 2.29. The first-order valence-corrected chi connectivity index (χ1v) is 6.69. The molecule has 0 spiro atoms. The average Bonchev–Trinajstić information content (AvgIpc) is 2.50. The van der Waals surface area contributed by atoms with Crippen molar-refractivity contribution in [3.63, 3.8) is 0 Å². The number of ether oxygens (including phenoxy) is 1. The number of carbonyl (C=O) groups excluding carboxylic acids is 2. The van der Waals surface area contributed by atoms with Gasteiger partial charge in [0, 0.05) is 6.54 Å². The Hall–Kier alpha value is -1.88. The van der Waals surface area contributed by atoms with Gasteiger partial charge in [-0.2, -0.15) is 0 Å². The first-order valence-electron chi connectivity index (χ1n) is 6.69. The number of esters is 1. The zero-order chi connectivity index (χ0) is 15.1. The second kappa shape index (κ2) is 7.65. The summed E-state index contributed by atoms with van der Waals surface area (Å²) in [5.41, 5.74) is 6.75. The molecule has 0 saturated heterocycles. The Bertz CT molecular complexity index is 448. The summed E-state index contributed by atoms with van der Waals surface area (Å²) in [5.74, 6) is -0.688. The molecule has 0 bridgehead atoms. The van der Waals surface area contributed by atoms with Crippen LogP contribution in [0.5, 0.6) is 0 Å². The third-order valence-electron chi connectivity index (χ3n) is 3.25. The molecule has 1 aromatic carbocycles. The molecule has 5 nitrogen and oxygen atoms in total. The lowest BCUT2D eigenvalue weighted by molar-refractivity contribution is -0.153. The Labute approximate surface area is 119 Å². The highest BCUT2D eigenvalue weighted by Crippen LogP contribution is 2.12. The number of carbonyl (C=O) groups is 2. The fourth-order valence-corrected chi connectivity index (χ4v) is 1.87. The summed E-state index contributed by atoms with van der Waals surface area (Å²) in [4.78, 5) is 25.5. The standard InChI is InChI=1S/C15H22N2O3/c1-4-13(16)14(18)17(11(2)15(19)20-3)10-12-8-6-5-7-9-12/h5-9,11,13H,4,10,16H2,1-3H3/t11?,13-/m1/s1. The van der Waals surface area contributed by atoms with Gasteiger partial charge in [0.1, 0.15) is 6.04 Å². The molecule has 2 N–H and O–H groups in total. The Morgan fingerprint density at radius 1 is 1.30 bits per heavy atom. The van der Waals surface area contributed by atoms with Crippen molar-refractivity contribution < 1.29 is 14.3 Å². The number of hydrogen-bond acceptors (Lipinski definition) is 4. The van der Waals surface area contributed by atoms with Crippen LogP contribution >= 0.6 is 0 Å². The summed E-state index contributed by atoms with van der Waals surface area (Å²) in [6, 6.07) is 8.22. The number of rotatable bonds is 6. The quantitative estimate of drug-likeness (QED) is 0.796. The second-order valence-electron chi connectivity index (χ2n) is 4.67. The molecule has 0 aromatic heterocycles. The van der Waals surface area contributed by atoms with Crippen molar-refractivity contribution in [2.45, 2.75) is 38.9 Å². The largest absolute Gasteiger partial charge is 0.467 e. The molecular weight excluding hydrogens is 256 g/mol. The molecule has 0 radical (unpaired) electrons. The second-order valence-corrected chi connectivity index (χ2v) is 4.67. The lowest BCUT2D eigenvalue weighted by Crippen LogP contribution is -2.50. The van der Waals surface area contributed by atoms with Crippen LogP contribution in [0.15, 0.2) is 30.3 Å². The molecule has 0 saturated carbocycles. The summed E-state index contributed by atoms with van der Waals surface area (Å²) >= 11 is 0. The van der Waals surface area contributed by atoms with Gasteiger partial charge < -0.3 is 15.4 Å². The summed E-state index contributed by atoms with van der Waals surface area (Å²) in [6.45, 7) is 3.82. The van der Waals surface area contributed by atoms with Crippen LogP contribution in [0.4, 0.5) is 0 Å². The molecule has 110 valence electrons. The summed E-state index contributed by atoms with van der Waals surface area (Å²) in [6.07, 6.45) is 0.526. The molecule has 1 unspecified atom stereocenters. The molecule has 0 heterocycles. The molecule has 1 rings (SSSR count). The van der Waals surface area contributed by atoms with Crippen LogP contribution in [0.3, 0.4) is 0 Å². The van der Waals surface area contributed by atoms with Crippen LogP contribution in [-0.4, -0.2) is 36.0 Å². The fraction of sp³-hybridized carbons (Fsp3) is 0.467. The van der Waals surface area contributed by atoms with Crippen LogP contribution in [0.25, 0.3) is 0 Å². The van der Waals surface area contributed by atoms with Crippen LogP contribution in [0, 0.1) is 0 Å². The topological polar surface area (TPSA) is 72.6 Å². The lowest BCUT2D eigenvalue weighted by atomic mass is 10.1. The maximum atomic E-state index is 12.3. The summed E-state index contributed by atoms with van der Waals surface area (Å²) < 4.78 is 4.72. The van der Waals surface area contributed by atoms with Gasteiger partial charge in [-0.3, -0.25) is 4.79 Å². The van der Waals surface area contributed by atoms with Gasteiger partial charge in [0.25, 0.3) is 0 Å². The SMILES string of the molecule is CC[C@@H](N)C(=O)N(Cc1ccccc1)C(C)C(=O)OC. The van der Waals surface area contributed by atoms with Crippen LogP contribution in [0.2, 0.25) is 0 Å². The normalized spacial score (nSPS) is 13.4. The van der Waals surface area contributed by atoms with E-state index < -0.39 is 18.1 Å². The van der Waals surface area contributed by atoms with Gasteiger partial charge in [0.15, 0.2) is 0 Å². The maximum absolute atomic E-state index is 12.3. The zero-order valence-electron chi connectivity index (χ0n) is 12.2. The molecule has 0 aliphatic heterocycles. The highest BCUT2D eigenvalue weighted by atomic mass is 16.5. The number of benzene rings is 1. The maximum Gasteiger partial charge on any atom is 0.328 e. The van der Waals surface area contributed by atoms with E-state index in [1.807, 2.05) is 37.3 Å². The molecule has 1 amide bonds. The number of nitrogens with two attached hydrogens (primary N) is 1. The predicted molar refractivity (Wildman–Crippen MR) is 76.7 cm³/mol. The van der Waals surface area contributed by atoms with Gasteiger partial charge >= 0.3 is 5.97 Å². The minimum atomic E-state index is -0.662. The van der Waals surface area contributed by atoms with E-state index in [1.54, 1.807) is 6.92 Å². The fourth-order valence-electron chi connectivity index (χ4n) is 1.87. The van der Waals surface area contributed by atoms with Gasteiger partial charge in [-0.05, 0) is 18.9 Å². The van der Waals surface area contributed by atoms with Gasteiger partial charge in [0.2, 0.25) is 5.91 Å². The Balaban J connectivity index is 2.95. The molecular formula is C15H22N2O3. The van der Waals surface area contributed by atoms with Gasteiger partial charge in [-0.25, -0.2) is 4.79 Å². The van der Waals surface area contributed by atoms with Crippen molar-refractivity contribution in [1.82, 2.24) is 4.90 Å². The monoisotopic (exact) mass is 278 g/mol. The Morgan fingerprint density at radius 2 is 1.90 bits per heavy atom. The number of methoxy groups -OCH3 is 1. The first kappa shape index (κ1) is 16.2. The third-order valence-corrected chi connectivity index (χ3v) is 3.25. The van der Waals surface area contributed by atoms with Crippen molar-refractivity contribution in [3.8, 4) is 0 Å². The van der Waals surface area contributed by atoms with Gasteiger partial charge in [0.05, 0.1) is 13.2 Å². The van der Waals surface area contributed by atoms with Crippen molar-refractivity contribution in [1.29, 1.82) is 0 Å². The van der Waals surface area contributed by atoms with Crippen LogP contribution in [-0.2, 0) is 20.9 Å². The van der Waals surface area contributed by atoms with Crippen LogP contribution in [0.1, 0.15) is 25.8 Å². The highest BCUT2D eigenvalue weighted by molar-refractivity contribution is 5.87. The molecule has 2 atom stereocenters. The number of hydrogen-bond donors (Lipinski definition) is 1. The van der Waals surface area contributed by atoms with Crippen molar-refractivity contribution >= 4 is 11.9 Å². The van der Waals surface area contributed by atoms with E-state index in [0.29, 0.717) is 13.0 Å². The number of amides is 1. The Kier molecular flexibility index (Phi) is 6.18. The molecule has 20 heavy (non-hydrogen) atoms. The average molecular weight is 278 g/mol. The van der Waals surface area contributed by atoms with E-state index in [4.69, 9.17) is 10.5 Å². The smallest absolute Gasteiger partial charge is 0.328 e. The molecule has 1 aromatic rings. The van der Waals surface area contributed by atoms with Crippen molar-refractivity contribution in [2.75, 3.05) is 7.11 Å². The van der Waals surface area contributed by atoms with Gasteiger partial charge in [-0.1, -0.05) is 37.3 Å². The van der Waals surface area contributed by atoms with E-state index in [-0.39, 0.29) is 5.91 Å². The van der Waals surface area contributed by atoms with E-state index in [1.165, 1.54) is 12.0 Å². The summed E-state index contributed by atoms with van der Waals surface area (Å²) in [5, 5.41) is 0. The van der Waals surface area contributed by atoms with Crippen molar-refractivity contribution in [2.24, 2.45) is 5.73 Å². The Morgan fingerprint density at radius 3 is 2.40 bits per heavy atom. The van der Waals surface area contributed by atoms with E-state index in [0.717, 1.165) is 5.56 Å². The molecule has 5 heteroatoms. The number of nitrogens with zero attached hydrogens (tertiary/aromatic N) is 1. The third kappa shape index (κ3) is 4.06. The van der Waals surface area contributed by atoms with Crippen molar-refractivity contribution in [3.05, 3.63) is 35.9 Å². The molecule has 0 aliphatic rings. The lowest BCUT2D eigenvalue weighted by Gasteiger charge is -2.29. The van der Waals surface area contributed by atoms with E-state index in [2.05, 4.69) is 0 Å². The molecule has 0 fully saturated rings. The molecule has 0 aliphatic carbocycles. The van der Waals surface area contributed by atoms with E-state index >= 15 is 0 Å². The van der Waals surface area contributed by atoms with E-state index in [9.17, 15) is 9.59 Å². The summed E-state index contributed by atoms with van der Waals surface area (Å²) in [7, 11) is 1.31. The predicted octanol–water partition coefficient (Wildman–Crippen LogP) is 1.31.